The van der Waals surface area contributed by atoms with Crippen LogP contribution >= 0.6 is 0 Å². The third kappa shape index (κ3) is 2.27. The highest BCUT2D eigenvalue weighted by atomic mass is 19.1. The Morgan fingerprint density at radius 3 is 2.94 bits per heavy atom. The Kier molecular flexibility index (Phi) is 3.31. The predicted octanol–water partition coefficient (Wildman–Crippen LogP) is 1.01. The average Bonchev–Trinajstić information content (AvgIpc) is 2.33. The van der Waals surface area contributed by atoms with Crippen LogP contribution in [0, 0.1) is 5.82 Å². The lowest BCUT2D eigenvalue weighted by Crippen LogP contribution is -2.37. The van der Waals surface area contributed by atoms with Gasteiger partial charge >= 0.3 is 0 Å². The summed E-state index contributed by atoms with van der Waals surface area (Å²) in [4.78, 5) is 9.73. The molecule has 0 spiro atoms. The minimum atomic E-state index is -0.420. The summed E-state index contributed by atoms with van der Waals surface area (Å²) in [5.41, 5.74) is 0. The molecule has 2 heterocycles. The van der Waals surface area contributed by atoms with Gasteiger partial charge in [-0.15, -0.1) is 0 Å². The van der Waals surface area contributed by atoms with E-state index in [0.717, 1.165) is 6.20 Å². The fraction of sp³-hybridized carbons (Fsp3) is 0.400. The van der Waals surface area contributed by atoms with E-state index >= 15 is 0 Å². The number of rotatable bonds is 3. The molecule has 1 fully saturated rings. The molecule has 0 unspecified atom stereocenters. The summed E-state index contributed by atoms with van der Waals surface area (Å²) in [5.74, 6) is 0.233. The van der Waals surface area contributed by atoms with Gasteiger partial charge in [0.1, 0.15) is 0 Å². The Balaban J connectivity index is 2.23. The van der Waals surface area contributed by atoms with E-state index < -0.39 is 5.82 Å². The van der Waals surface area contributed by atoms with E-state index in [1.54, 1.807) is 0 Å². The van der Waals surface area contributed by atoms with E-state index in [-0.39, 0.29) is 0 Å². The molecule has 0 saturated carbocycles. The van der Waals surface area contributed by atoms with Crippen molar-refractivity contribution in [3.63, 3.8) is 0 Å². The lowest BCUT2D eigenvalue weighted by atomic mass is 10.4. The number of nitrogens with zero attached hydrogens (tertiary/aromatic N) is 3. The number of anilines is 2. The van der Waals surface area contributed by atoms with Crippen molar-refractivity contribution in [1.82, 2.24) is 9.97 Å². The number of ether oxygens (including phenoxy) is 1. The van der Waals surface area contributed by atoms with Gasteiger partial charge in [0.05, 0.1) is 19.4 Å². The third-order valence-electron chi connectivity index (χ3n) is 2.27. The summed E-state index contributed by atoms with van der Waals surface area (Å²) >= 11 is 0. The second kappa shape index (κ2) is 4.89. The normalized spacial score (nSPS) is 15.9. The third-order valence-corrected chi connectivity index (χ3v) is 2.27. The number of aromatic nitrogens is 2. The minimum absolute atomic E-state index is 0.308. The molecule has 16 heavy (non-hydrogen) atoms. The Labute approximate surface area is 93.0 Å². The topological polar surface area (TPSA) is 50.3 Å². The first-order valence-corrected chi connectivity index (χ1v) is 5.04. The average molecular weight is 224 g/mol. The van der Waals surface area contributed by atoms with E-state index in [4.69, 9.17) is 4.74 Å². The van der Waals surface area contributed by atoms with Crippen molar-refractivity contribution in [2.75, 3.05) is 36.5 Å². The Bertz CT molecular complexity index is 379. The molecule has 1 saturated heterocycles. The molecule has 1 N–H and O–H groups in total. The van der Waals surface area contributed by atoms with Crippen LogP contribution in [0.5, 0.6) is 0 Å². The van der Waals surface area contributed by atoms with E-state index in [1.165, 1.54) is 6.20 Å². The maximum Gasteiger partial charge on any atom is 0.228 e. The van der Waals surface area contributed by atoms with E-state index in [0.29, 0.717) is 38.1 Å². The highest BCUT2D eigenvalue weighted by molar-refractivity contribution is 5.44. The number of hydrogen-bond acceptors (Lipinski definition) is 5. The summed E-state index contributed by atoms with van der Waals surface area (Å²) in [5, 5.41) is 2.73. The van der Waals surface area contributed by atoms with E-state index in [1.807, 2.05) is 4.90 Å². The first kappa shape index (κ1) is 10.8. The second-order valence-electron chi connectivity index (χ2n) is 3.31. The van der Waals surface area contributed by atoms with Gasteiger partial charge in [0.2, 0.25) is 5.95 Å². The lowest BCUT2D eigenvalue weighted by Gasteiger charge is -2.27. The van der Waals surface area contributed by atoms with Crippen molar-refractivity contribution in [2.45, 2.75) is 0 Å². The van der Waals surface area contributed by atoms with Crippen molar-refractivity contribution in [3.05, 3.63) is 24.8 Å². The molecule has 1 aliphatic rings. The van der Waals surface area contributed by atoms with Gasteiger partial charge in [0.15, 0.2) is 11.6 Å². The van der Waals surface area contributed by atoms with Crippen molar-refractivity contribution in [1.29, 1.82) is 0 Å². The summed E-state index contributed by atoms with van der Waals surface area (Å²) in [7, 11) is 0. The van der Waals surface area contributed by atoms with Crippen LogP contribution in [0.25, 0.3) is 0 Å². The van der Waals surface area contributed by atoms with Crippen LogP contribution in [0.4, 0.5) is 16.2 Å². The second-order valence-corrected chi connectivity index (χ2v) is 3.31. The van der Waals surface area contributed by atoms with Crippen LogP contribution in [0.15, 0.2) is 19.0 Å². The molecule has 1 aromatic heterocycles. The molecule has 86 valence electrons. The van der Waals surface area contributed by atoms with Gasteiger partial charge in [-0.1, -0.05) is 6.58 Å². The van der Waals surface area contributed by atoms with Crippen molar-refractivity contribution in [3.8, 4) is 0 Å². The molecular formula is C10H13FN4O. The van der Waals surface area contributed by atoms with Crippen molar-refractivity contribution >= 4 is 11.8 Å². The fourth-order valence-corrected chi connectivity index (χ4v) is 1.52. The quantitative estimate of drug-likeness (QED) is 0.830. The van der Waals surface area contributed by atoms with Gasteiger partial charge in [-0.3, -0.25) is 0 Å². The van der Waals surface area contributed by atoms with Gasteiger partial charge in [0, 0.05) is 13.1 Å². The molecule has 1 aromatic rings. The summed E-state index contributed by atoms with van der Waals surface area (Å²) in [6.07, 6.45) is 2.61. The minimum Gasteiger partial charge on any atom is -0.378 e. The molecule has 2 rings (SSSR count). The summed E-state index contributed by atoms with van der Waals surface area (Å²) < 4.78 is 18.7. The SMILES string of the molecule is C=CNc1ncc(F)c(N2CCOCC2)n1. The van der Waals surface area contributed by atoms with Crippen LogP contribution in [-0.4, -0.2) is 36.3 Å². The molecule has 0 atom stereocenters. The van der Waals surface area contributed by atoms with Crippen LogP contribution in [-0.2, 0) is 4.74 Å². The first-order valence-electron chi connectivity index (χ1n) is 5.04. The Morgan fingerprint density at radius 1 is 1.50 bits per heavy atom. The highest BCUT2D eigenvalue weighted by Gasteiger charge is 2.17. The standard InChI is InChI=1S/C10H13FN4O/c1-2-12-10-13-7-8(11)9(14-10)15-3-5-16-6-4-15/h2,7H,1,3-6H2,(H,12,13,14). The predicted molar refractivity (Wildman–Crippen MR) is 58.8 cm³/mol. The number of halogens is 1. The number of nitrogens with one attached hydrogen (secondary N) is 1. The molecule has 0 amide bonds. The number of hydrogen-bond donors (Lipinski definition) is 1. The molecule has 0 aliphatic carbocycles. The van der Waals surface area contributed by atoms with E-state index in [2.05, 4.69) is 21.9 Å². The monoisotopic (exact) mass is 224 g/mol. The largest absolute Gasteiger partial charge is 0.378 e. The maximum atomic E-state index is 13.5. The van der Waals surface area contributed by atoms with Crippen molar-refractivity contribution < 1.29 is 9.13 Å². The summed E-state index contributed by atoms with van der Waals surface area (Å²) in [6, 6.07) is 0. The smallest absolute Gasteiger partial charge is 0.228 e. The van der Waals surface area contributed by atoms with Crippen LogP contribution < -0.4 is 10.2 Å². The first-order chi connectivity index (χ1) is 7.81. The zero-order valence-electron chi connectivity index (χ0n) is 8.82. The van der Waals surface area contributed by atoms with Gasteiger partial charge in [0.25, 0.3) is 0 Å². The van der Waals surface area contributed by atoms with Gasteiger partial charge in [-0.2, -0.15) is 4.98 Å². The molecule has 1 aliphatic heterocycles. The summed E-state index contributed by atoms with van der Waals surface area (Å²) in [6.45, 7) is 5.96. The Morgan fingerprint density at radius 2 is 2.25 bits per heavy atom. The fourth-order valence-electron chi connectivity index (χ4n) is 1.52. The molecule has 0 aromatic carbocycles. The van der Waals surface area contributed by atoms with Gasteiger partial charge in [-0.05, 0) is 6.20 Å². The van der Waals surface area contributed by atoms with E-state index in [9.17, 15) is 4.39 Å². The highest BCUT2D eigenvalue weighted by Crippen LogP contribution is 2.18. The van der Waals surface area contributed by atoms with Crippen LogP contribution in [0.2, 0.25) is 0 Å². The zero-order chi connectivity index (χ0) is 11.4. The molecule has 0 bridgehead atoms. The van der Waals surface area contributed by atoms with Gasteiger partial charge < -0.3 is 15.0 Å². The molecule has 0 radical (unpaired) electrons. The van der Waals surface area contributed by atoms with Gasteiger partial charge in [-0.25, -0.2) is 9.37 Å². The lowest BCUT2D eigenvalue weighted by molar-refractivity contribution is 0.122. The molecule has 5 nitrogen and oxygen atoms in total. The van der Waals surface area contributed by atoms with Crippen LogP contribution in [0.1, 0.15) is 0 Å². The number of morpholine rings is 1. The molecular weight excluding hydrogens is 211 g/mol. The zero-order valence-corrected chi connectivity index (χ0v) is 8.82. The maximum absolute atomic E-state index is 13.5. The van der Waals surface area contributed by atoms with Crippen LogP contribution in [0.3, 0.4) is 0 Å². The van der Waals surface area contributed by atoms with Crippen molar-refractivity contribution in [2.24, 2.45) is 0 Å². The molecule has 6 heteroatoms. The Hall–Kier alpha value is -1.69.